The van der Waals surface area contributed by atoms with E-state index in [1.165, 1.54) is 13.3 Å². The molecule has 0 aliphatic carbocycles. The third-order valence-electron chi connectivity index (χ3n) is 6.58. The Bertz CT molecular complexity index is 1730. The minimum atomic E-state index is -0.789. The molecule has 14 heteroatoms. The van der Waals surface area contributed by atoms with Gasteiger partial charge < -0.3 is 29.6 Å². The molecule has 4 rings (SSSR count). The van der Waals surface area contributed by atoms with Crippen LogP contribution in [0.5, 0.6) is 17.2 Å². The molecular formula is C32H29BrClN5O7. The topological polar surface area (TPSA) is 160 Å². The Labute approximate surface area is 278 Å². The zero-order valence-electron chi connectivity index (χ0n) is 25.0. The number of methoxy groups -OCH3 is 1. The Morgan fingerprint density at radius 1 is 1.15 bits per heavy atom. The molecule has 46 heavy (non-hydrogen) atoms. The van der Waals surface area contributed by atoms with E-state index in [9.17, 15) is 19.6 Å². The first-order chi connectivity index (χ1) is 22.1. The second kappa shape index (κ2) is 15.8. The number of urea groups is 1. The lowest BCUT2D eigenvalue weighted by molar-refractivity contribution is -0.139. The Kier molecular flexibility index (Phi) is 11.6. The highest BCUT2D eigenvalue weighted by Gasteiger charge is 2.32. The fourth-order valence-corrected chi connectivity index (χ4v) is 5.45. The van der Waals surface area contributed by atoms with Gasteiger partial charge in [-0.2, -0.15) is 10.4 Å². The molecule has 1 atom stereocenters. The lowest BCUT2D eigenvalue weighted by Gasteiger charge is -2.28. The maximum absolute atomic E-state index is 12.6. The molecule has 0 saturated carbocycles. The van der Waals surface area contributed by atoms with E-state index in [0.717, 1.165) is 5.56 Å². The van der Waals surface area contributed by atoms with Crippen LogP contribution in [-0.2, 0) is 20.9 Å². The van der Waals surface area contributed by atoms with Crippen molar-refractivity contribution in [3.8, 4) is 23.3 Å². The van der Waals surface area contributed by atoms with Crippen LogP contribution in [-0.4, -0.2) is 44.4 Å². The first-order valence-corrected chi connectivity index (χ1v) is 15.0. The predicted molar refractivity (Wildman–Crippen MR) is 173 cm³/mol. The van der Waals surface area contributed by atoms with E-state index in [1.54, 1.807) is 62.4 Å². The Balaban J connectivity index is 1.36. The van der Waals surface area contributed by atoms with Crippen LogP contribution >= 0.6 is 27.5 Å². The molecule has 238 valence electrons. The number of amides is 3. The average Bonchev–Trinajstić information content (AvgIpc) is 3.03. The van der Waals surface area contributed by atoms with Crippen LogP contribution in [0.1, 0.15) is 42.1 Å². The van der Waals surface area contributed by atoms with Crippen LogP contribution in [0.4, 0.5) is 4.79 Å². The molecule has 1 aliphatic heterocycles. The summed E-state index contributed by atoms with van der Waals surface area (Å²) in [5, 5.41) is 18.9. The van der Waals surface area contributed by atoms with Crippen molar-refractivity contribution in [3.05, 3.63) is 97.6 Å². The number of benzene rings is 3. The number of carbonyl (C=O) groups is 3. The van der Waals surface area contributed by atoms with Crippen LogP contribution in [0.3, 0.4) is 0 Å². The Hall–Kier alpha value is -5.06. The molecule has 0 fully saturated rings. The van der Waals surface area contributed by atoms with Crippen molar-refractivity contribution in [1.82, 2.24) is 16.1 Å². The molecular weight excluding hydrogens is 682 g/mol. The summed E-state index contributed by atoms with van der Waals surface area (Å²) in [6.45, 7) is 3.25. The van der Waals surface area contributed by atoms with Gasteiger partial charge in [0.1, 0.15) is 6.61 Å². The lowest BCUT2D eigenvalue weighted by Crippen LogP contribution is -2.45. The molecule has 0 saturated heterocycles. The number of hydrazone groups is 1. The number of hydrogen-bond acceptors (Lipinski definition) is 9. The summed E-state index contributed by atoms with van der Waals surface area (Å²) in [4.78, 5) is 37.2. The summed E-state index contributed by atoms with van der Waals surface area (Å²) in [5.41, 5.74) is 5.38. The second-order valence-corrected chi connectivity index (χ2v) is 10.9. The number of rotatable bonds is 12. The maximum Gasteiger partial charge on any atom is 0.338 e. The minimum Gasteiger partial charge on any atom is -0.493 e. The molecule has 12 nitrogen and oxygen atoms in total. The first kappa shape index (κ1) is 33.8. The van der Waals surface area contributed by atoms with Gasteiger partial charge in [-0.05, 0) is 71.2 Å². The smallest absolute Gasteiger partial charge is 0.338 e. The van der Waals surface area contributed by atoms with Crippen molar-refractivity contribution in [2.75, 3.05) is 20.3 Å². The van der Waals surface area contributed by atoms with Gasteiger partial charge in [0.05, 0.1) is 52.7 Å². The van der Waals surface area contributed by atoms with E-state index in [-0.39, 0.29) is 36.9 Å². The predicted octanol–water partition coefficient (Wildman–Crippen LogP) is 5.28. The van der Waals surface area contributed by atoms with E-state index >= 15 is 0 Å². The molecule has 3 aromatic rings. The summed E-state index contributed by atoms with van der Waals surface area (Å²) in [6, 6.07) is 16.1. The van der Waals surface area contributed by atoms with Gasteiger partial charge in [-0.25, -0.2) is 15.0 Å². The molecule has 1 heterocycles. The number of nitrogens with zero attached hydrogens (tertiary/aromatic N) is 2. The average molecular weight is 711 g/mol. The molecule has 3 amide bonds. The van der Waals surface area contributed by atoms with E-state index in [4.69, 9.17) is 30.5 Å². The zero-order chi connectivity index (χ0) is 33.2. The highest BCUT2D eigenvalue weighted by Crippen LogP contribution is 2.36. The third kappa shape index (κ3) is 8.35. The molecule has 0 spiro atoms. The number of hydrogen-bond donors (Lipinski definition) is 3. The van der Waals surface area contributed by atoms with Gasteiger partial charge in [-0.1, -0.05) is 35.9 Å². The van der Waals surface area contributed by atoms with Crippen LogP contribution in [0.15, 0.2) is 75.4 Å². The number of ether oxygens (including phenoxy) is 4. The summed E-state index contributed by atoms with van der Waals surface area (Å²) in [6.07, 6.45) is 1.41. The van der Waals surface area contributed by atoms with E-state index in [0.29, 0.717) is 37.6 Å². The van der Waals surface area contributed by atoms with Gasteiger partial charge in [0, 0.05) is 11.3 Å². The molecule has 0 unspecified atom stereocenters. The highest BCUT2D eigenvalue weighted by molar-refractivity contribution is 9.10. The molecule has 0 radical (unpaired) electrons. The minimum absolute atomic E-state index is 0.152. The summed E-state index contributed by atoms with van der Waals surface area (Å²) in [5.74, 6) is -0.175. The van der Waals surface area contributed by atoms with Crippen LogP contribution in [0.25, 0.3) is 0 Å². The monoisotopic (exact) mass is 709 g/mol. The number of carbonyl (C=O) groups excluding carboxylic acids is 3. The normalized spacial score (nSPS) is 14.2. The fourth-order valence-electron chi connectivity index (χ4n) is 4.46. The molecule has 1 aliphatic rings. The van der Waals surface area contributed by atoms with E-state index < -0.39 is 23.9 Å². The Morgan fingerprint density at radius 3 is 2.65 bits per heavy atom. The van der Waals surface area contributed by atoms with Crippen molar-refractivity contribution >= 4 is 51.7 Å². The standard InChI is InChI=1S/C32H29BrClN5O7/c1-4-44-31(41)28-18(2)37-32(42)38-29(28)20-9-10-25(26(13-20)43-3)45-17-27(40)39-36-15-19-11-23(33)30(24(34)12-19)46-16-22-8-6-5-7-21(22)14-35/h5-13,15,29H,4,16-17H2,1-3H3,(H,39,40)(H2,37,38,42)/b36-15-/t29-/m1/s1. The molecule has 0 aromatic heterocycles. The van der Waals surface area contributed by atoms with Crippen molar-refractivity contribution in [1.29, 1.82) is 5.26 Å². The first-order valence-electron chi connectivity index (χ1n) is 13.8. The summed E-state index contributed by atoms with van der Waals surface area (Å²) in [7, 11) is 1.43. The summed E-state index contributed by atoms with van der Waals surface area (Å²) >= 11 is 9.87. The van der Waals surface area contributed by atoms with Gasteiger partial charge in [-0.15, -0.1) is 0 Å². The van der Waals surface area contributed by atoms with Crippen molar-refractivity contribution in [3.63, 3.8) is 0 Å². The van der Waals surface area contributed by atoms with Crippen LogP contribution in [0, 0.1) is 11.3 Å². The second-order valence-electron chi connectivity index (χ2n) is 9.65. The van der Waals surface area contributed by atoms with Crippen molar-refractivity contribution < 1.29 is 33.3 Å². The van der Waals surface area contributed by atoms with E-state index in [1.807, 2.05) is 6.07 Å². The zero-order valence-corrected chi connectivity index (χ0v) is 27.3. The highest BCUT2D eigenvalue weighted by atomic mass is 79.9. The molecule has 0 bridgehead atoms. The number of allylic oxidation sites excluding steroid dienone is 1. The lowest BCUT2D eigenvalue weighted by atomic mass is 9.95. The number of esters is 1. The van der Waals surface area contributed by atoms with Gasteiger partial charge in [-0.3, -0.25) is 4.79 Å². The molecule has 3 aromatic carbocycles. The summed E-state index contributed by atoms with van der Waals surface area (Å²) < 4.78 is 22.7. The van der Waals surface area contributed by atoms with Crippen molar-refractivity contribution in [2.45, 2.75) is 26.5 Å². The third-order valence-corrected chi connectivity index (χ3v) is 7.45. The largest absolute Gasteiger partial charge is 0.493 e. The van der Waals surface area contributed by atoms with Gasteiger partial charge >= 0.3 is 12.0 Å². The van der Waals surface area contributed by atoms with Crippen LogP contribution < -0.4 is 30.3 Å². The molecule has 3 N–H and O–H groups in total. The van der Waals surface area contributed by atoms with Crippen molar-refractivity contribution in [2.24, 2.45) is 5.10 Å². The number of halogens is 2. The maximum atomic E-state index is 12.6. The van der Waals surface area contributed by atoms with Gasteiger partial charge in [0.25, 0.3) is 5.91 Å². The van der Waals surface area contributed by atoms with Crippen LogP contribution in [0.2, 0.25) is 5.02 Å². The number of nitriles is 1. The number of nitrogens with one attached hydrogen (secondary N) is 3. The van der Waals surface area contributed by atoms with Gasteiger partial charge in [0.15, 0.2) is 23.9 Å². The van der Waals surface area contributed by atoms with Gasteiger partial charge in [0.2, 0.25) is 0 Å². The Morgan fingerprint density at radius 2 is 1.93 bits per heavy atom. The SMILES string of the molecule is CCOC(=O)C1=C(C)NC(=O)N[C@@H]1c1ccc(OCC(=O)N/N=C\c2cc(Cl)c(OCc3ccccc3C#N)c(Br)c2)c(OC)c1. The fraction of sp³-hybridized carbons (Fsp3) is 0.219. The quantitative estimate of drug-likeness (QED) is 0.130. The van der Waals surface area contributed by atoms with E-state index in [2.05, 4.69) is 43.2 Å².